The lowest BCUT2D eigenvalue weighted by Gasteiger charge is -2.05. The molecule has 0 saturated carbocycles. The molecule has 0 amide bonds. The Hall–Kier alpha value is -2.18. The average molecular weight is 206 g/mol. The number of ether oxygens (including phenoxy) is 1. The fourth-order valence-electron chi connectivity index (χ4n) is 1.06. The highest BCUT2D eigenvalue weighted by atomic mass is 16.5. The van der Waals surface area contributed by atoms with Gasteiger partial charge in [0.15, 0.2) is 5.82 Å². The minimum absolute atomic E-state index is 0.482. The van der Waals surface area contributed by atoms with Crippen LogP contribution in [0.1, 0.15) is 5.69 Å². The van der Waals surface area contributed by atoms with E-state index < -0.39 is 0 Å². The number of rotatable bonds is 3. The summed E-state index contributed by atoms with van der Waals surface area (Å²) in [7, 11) is 1.55. The lowest BCUT2D eigenvalue weighted by molar-refractivity contribution is 0.395. The molecule has 0 aliphatic rings. The Morgan fingerprint density at radius 3 is 2.87 bits per heavy atom. The molecule has 0 unspecified atom stereocenters. The third-order valence-corrected chi connectivity index (χ3v) is 1.79. The van der Waals surface area contributed by atoms with Gasteiger partial charge >= 0.3 is 0 Å². The van der Waals surface area contributed by atoms with Crippen LogP contribution in [0.2, 0.25) is 0 Å². The number of aromatic nitrogens is 5. The first-order valence-corrected chi connectivity index (χ1v) is 4.29. The highest BCUT2D eigenvalue weighted by Gasteiger charge is 2.04. The zero-order valence-corrected chi connectivity index (χ0v) is 8.35. The number of nitrogens with one attached hydrogen (secondary N) is 2. The van der Waals surface area contributed by atoms with E-state index in [-0.39, 0.29) is 0 Å². The van der Waals surface area contributed by atoms with E-state index in [9.17, 15) is 0 Å². The first-order chi connectivity index (χ1) is 7.29. The van der Waals surface area contributed by atoms with Gasteiger partial charge in [-0.15, -0.1) is 0 Å². The Balaban J connectivity index is 2.22. The topological polar surface area (TPSA) is 88.6 Å². The monoisotopic (exact) mass is 206 g/mol. The third-order valence-electron chi connectivity index (χ3n) is 1.79. The van der Waals surface area contributed by atoms with Crippen LogP contribution in [0.15, 0.2) is 12.5 Å². The normalized spacial score (nSPS) is 10.0. The van der Waals surface area contributed by atoms with Crippen LogP contribution >= 0.6 is 0 Å². The first-order valence-electron chi connectivity index (χ1n) is 4.29. The maximum atomic E-state index is 4.95. The molecular formula is C8H10N6O. The molecule has 2 N–H and O–H groups in total. The molecule has 0 saturated heterocycles. The fraction of sp³-hybridized carbons (Fsp3) is 0.250. The van der Waals surface area contributed by atoms with Crippen molar-refractivity contribution in [2.75, 3.05) is 12.4 Å². The van der Waals surface area contributed by atoms with Crippen LogP contribution in [0, 0.1) is 6.92 Å². The summed E-state index contributed by atoms with van der Waals surface area (Å²) in [6.07, 6.45) is 2.94. The highest BCUT2D eigenvalue weighted by molar-refractivity contribution is 5.49. The quantitative estimate of drug-likeness (QED) is 0.766. The van der Waals surface area contributed by atoms with Gasteiger partial charge in [-0.3, -0.25) is 0 Å². The summed E-state index contributed by atoms with van der Waals surface area (Å²) in [5.41, 5.74) is 0.728. The van der Waals surface area contributed by atoms with Crippen molar-refractivity contribution in [3.8, 4) is 5.88 Å². The van der Waals surface area contributed by atoms with Gasteiger partial charge in [-0.25, -0.2) is 15.1 Å². The number of aryl methyl sites for hydroxylation is 1. The van der Waals surface area contributed by atoms with E-state index in [1.54, 1.807) is 7.11 Å². The summed E-state index contributed by atoms with van der Waals surface area (Å²) in [6.45, 7) is 1.83. The summed E-state index contributed by atoms with van der Waals surface area (Å²) in [5.74, 6) is 1.63. The minimum Gasteiger partial charge on any atom is -0.480 e. The number of methoxy groups -OCH3 is 1. The smallest absolute Gasteiger partial charge is 0.232 e. The van der Waals surface area contributed by atoms with Crippen LogP contribution in [0.25, 0.3) is 0 Å². The van der Waals surface area contributed by atoms with Crippen molar-refractivity contribution in [1.82, 2.24) is 25.1 Å². The van der Waals surface area contributed by atoms with Gasteiger partial charge in [0.25, 0.3) is 0 Å². The van der Waals surface area contributed by atoms with Crippen molar-refractivity contribution in [2.45, 2.75) is 6.92 Å². The van der Waals surface area contributed by atoms with Crippen LogP contribution in [-0.4, -0.2) is 32.3 Å². The number of hydrogen-bond donors (Lipinski definition) is 2. The molecule has 2 rings (SSSR count). The van der Waals surface area contributed by atoms with Crippen LogP contribution in [0.5, 0.6) is 5.88 Å². The number of anilines is 2. The van der Waals surface area contributed by atoms with E-state index in [2.05, 4.69) is 30.5 Å². The van der Waals surface area contributed by atoms with Crippen molar-refractivity contribution in [3.05, 3.63) is 18.2 Å². The Labute approximate surface area is 85.9 Å². The molecule has 7 nitrogen and oxygen atoms in total. The Kier molecular flexibility index (Phi) is 2.44. The molecule has 0 aromatic carbocycles. The summed E-state index contributed by atoms with van der Waals surface area (Å²) in [5, 5.41) is 9.33. The zero-order chi connectivity index (χ0) is 10.7. The van der Waals surface area contributed by atoms with Crippen LogP contribution in [0.4, 0.5) is 11.8 Å². The number of aromatic amines is 1. The first kappa shape index (κ1) is 9.38. The van der Waals surface area contributed by atoms with E-state index in [1.807, 2.05) is 6.92 Å². The molecule has 78 valence electrons. The lowest BCUT2D eigenvalue weighted by atomic mass is 10.4. The van der Waals surface area contributed by atoms with Crippen molar-refractivity contribution < 1.29 is 4.74 Å². The SMILES string of the molecule is COc1cnc(Nc2ncn[nH]2)c(C)n1. The summed E-state index contributed by atoms with van der Waals surface area (Å²) in [6, 6.07) is 0. The molecule has 0 spiro atoms. The number of nitrogens with zero attached hydrogens (tertiary/aromatic N) is 4. The average Bonchev–Trinajstić information content (AvgIpc) is 2.74. The second kappa shape index (κ2) is 3.91. The van der Waals surface area contributed by atoms with Gasteiger partial charge in [0.1, 0.15) is 6.33 Å². The zero-order valence-electron chi connectivity index (χ0n) is 8.35. The van der Waals surface area contributed by atoms with Crippen molar-refractivity contribution in [3.63, 3.8) is 0 Å². The third kappa shape index (κ3) is 2.01. The van der Waals surface area contributed by atoms with E-state index in [0.717, 1.165) is 5.69 Å². The molecule has 2 heterocycles. The second-order valence-electron chi connectivity index (χ2n) is 2.81. The molecule has 0 atom stereocenters. The summed E-state index contributed by atoms with van der Waals surface area (Å²) in [4.78, 5) is 12.2. The molecule has 0 aliphatic heterocycles. The van der Waals surface area contributed by atoms with E-state index in [1.165, 1.54) is 12.5 Å². The largest absolute Gasteiger partial charge is 0.480 e. The van der Waals surface area contributed by atoms with Gasteiger partial charge in [-0.05, 0) is 6.92 Å². The fourth-order valence-corrected chi connectivity index (χ4v) is 1.06. The predicted molar refractivity (Wildman–Crippen MR) is 53.0 cm³/mol. The van der Waals surface area contributed by atoms with Gasteiger partial charge in [-0.2, -0.15) is 10.1 Å². The van der Waals surface area contributed by atoms with E-state index in [4.69, 9.17) is 4.74 Å². The number of H-pyrrole nitrogens is 1. The molecule has 0 bridgehead atoms. The van der Waals surface area contributed by atoms with Crippen molar-refractivity contribution in [2.24, 2.45) is 0 Å². The maximum Gasteiger partial charge on any atom is 0.232 e. The highest BCUT2D eigenvalue weighted by Crippen LogP contribution is 2.15. The molecule has 2 aromatic heterocycles. The summed E-state index contributed by atoms with van der Waals surface area (Å²) >= 11 is 0. The van der Waals surface area contributed by atoms with Crippen LogP contribution < -0.4 is 10.1 Å². The van der Waals surface area contributed by atoms with Gasteiger partial charge < -0.3 is 10.1 Å². The Morgan fingerprint density at radius 2 is 2.27 bits per heavy atom. The standard InChI is InChI=1S/C8H10N6O/c1-5-7(9-3-6(12-5)15-2)13-8-10-4-11-14-8/h3-4H,1-2H3,(H2,9,10,11,13,14). The second-order valence-corrected chi connectivity index (χ2v) is 2.81. The molecule has 0 radical (unpaired) electrons. The molecule has 15 heavy (non-hydrogen) atoms. The van der Waals surface area contributed by atoms with Gasteiger partial charge in [0.2, 0.25) is 11.8 Å². The minimum atomic E-state index is 0.482. The lowest BCUT2D eigenvalue weighted by Crippen LogP contribution is -2.01. The van der Waals surface area contributed by atoms with E-state index >= 15 is 0 Å². The van der Waals surface area contributed by atoms with E-state index in [0.29, 0.717) is 17.6 Å². The molecular weight excluding hydrogens is 196 g/mol. The predicted octanol–water partition coefficient (Wildman–Crippen LogP) is 0.655. The van der Waals surface area contributed by atoms with Gasteiger partial charge in [0, 0.05) is 0 Å². The van der Waals surface area contributed by atoms with Gasteiger partial charge in [0.05, 0.1) is 19.0 Å². The molecule has 2 aromatic rings. The maximum absolute atomic E-state index is 4.95. The van der Waals surface area contributed by atoms with Crippen molar-refractivity contribution in [1.29, 1.82) is 0 Å². The Bertz CT molecular complexity index is 440. The van der Waals surface area contributed by atoms with Crippen LogP contribution in [0.3, 0.4) is 0 Å². The number of hydrogen-bond acceptors (Lipinski definition) is 6. The molecule has 7 heteroatoms. The van der Waals surface area contributed by atoms with Crippen molar-refractivity contribution >= 4 is 11.8 Å². The summed E-state index contributed by atoms with van der Waals surface area (Å²) < 4.78 is 4.95. The van der Waals surface area contributed by atoms with Gasteiger partial charge in [-0.1, -0.05) is 0 Å². The Morgan fingerprint density at radius 1 is 1.40 bits per heavy atom. The molecule has 0 fully saturated rings. The van der Waals surface area contributed by atoms with Crippen LogP contribution in [-0.2, 0) is 0 Å². The molecule has 0 aliphatic carbocycles.